The number of hydrogen-bond donors (Lipinski definition) is 2. The first-order valence-electron chi connectivity index (χ1n) is 4.56. The monoisotopic (exact) mass is 169 g/mol. The molecule has 3 heteroatoms. The van der Waals surface area contributed by atoms with Crippen molar-refractivity contribution in [3.05, 3.63) is 0 Å². The van der Waals surface area contributed by atoms with Crippen LogP contribution in [0.1, 0.15) is 32.1 Å². The lowest BCUT2D eigenvalue weighted by atomic mass is 9.34. The molecule has 3 saturated carbocycles. The van der Waals surface area contributed by atoms with Crippen LogP contribution in [0.15, 0.2) is 0 Å². The molecule has 3 N–H and O–H groups in total. The third kappa shape index (κ3) is 0.829. The predicted molar refractivity (Wildman–Crippen MR) is 44.6 cm³/mol. The van der Waals surface area contributed by atoms with Gasteiger partial charge in [-0.05, 0) is 44.1 Å². The van der Waals surface area contributed by atoms with Crippen LogP contribution >= 0.6 is 0 Å². The summed E-state index contributed by atoms with van der Waals surface area (Å²) in [7, 11) is 0. The second-order valence-corrected chi connectivity index (χ2v) is 4.51. The number of hydrogen-bond acceptors (Lipinski definition) is 2. The molecule has 3 aliphatic carbocycles. The van der Waals surface area contributed by atoms with Gasteiger partial charge in [-0.25, -0.2) is 0 Å². The minimum Gasteiger partial charge on any atom is -0.481 e. The zero-order chi connectivity index (χ0) is 8.82. The van der Waals surface area contributed by atoms with Gasteiger partial charge < -0.3 is 10.8 Å². The fourth-order valence-electron chi connectivity index (χ4n) is 2.97. The SMILES string of the molecule is NCCCC12CC(C(=O)O)(C1)C2. The average Bonchev–Trinajstić information content (AvgIpc) is 1.81. The zero-order valence-electron chi connectivity index (χ0n) is 7.18. The Balaban J connectivity index is 1.83. The highest BCUT2D eigenvalue weighted by Crippen LogP contribution is 2.75. The highest BCUT2D eigenvalue weighted by Gasteiger charge is 2.70. The van der Waals surface area contributed by atoms with Crippen LogP contribution in [-0.2, 0) is 4.79 Å². The standard InChI is InChI=1S/C9H15NO2/c10-3-1-2-8-4-9(5-8,6-8)7(11)12/h1-6,10H2,(H,11,12). The Hall–Kier alpha value is -0.570. The molecule has 0 heterocycles. The van der Waals surface area contributed by atoms with Gasteiger partial charge in [0.2, 0.25) is 0 Å². The van der Waals surface area contributed by atoms with Crippen LogP contribution in [0.5, 0.6) is 0 Å². The van der Waals surface area contributed by atoms with Crippen LogP contribution in [0.4, 0.5) is 0 Å². The van der Waals surface area contributed by atoms with E-state index in [1.165, 1.54) is 0 Å². The summed E-state index contributed by atoms with van der Waals surface area (Å²) < 4.78 is 0. The molecule has 0 aliphatic heterocycles. The number of carbonyl (C=O) groups is 1. The number of rotatable bonds is 4. The second kappa shape index (κ2) is 2.22. The Morgan fingerprint density at radius 1 is 1.42 bits per heavy atom. The van der Waals surface area contributed by atoms with Crippen molar-refractivity contribution in [2.45, 2.75) is 32.1 Å². The minimum atomic E-state index is -0.586. The van der Waals surface area contributed by atoms with E-state index >= 15 is 0 Å². The Kier molecular flexibility index (Phi) is 1.49. The van der Waals surface area contributed by atoms with Crippen LogP contribution in [0.2, 0.25) is 0 Å². The summed E-state index contributed by atoms with van der Waals surface area (Å²) in [5.41, 5.74) is 5.51. The van der Waals surface area contributed by atoms with E-state index in [0.717, 1.165) is 38.6 Å². The minimum absolute atomic E-state index is 0.297. The summed E-state index contributed by atoms with van der Waals surface area (Å²) in [6.07, 6.45) is 4.92. The van der Waals surface area contributed by atoms with E-state index in [9.17, 15) is 4.79 Å². The summed E-state index contributed by atoms with van der Waals surface area (Å²) in [5, 5.41) is 8.85. The van der Waals surface area contributed by atoms with Gasteiger partial charge in [-0.15, -0.1) is 0 Å². The number of aliphatic carboxylic acids is 1. The Morgan fingerprint density at radius 3 is 2.42 bits per heavy atom. The molecule has 2 bridgehead atoms. The molecule has 0 amide bonds. The van der Waals surface area contributed by atoms with E-state index in [1.807, 2.05) is 0 Å². The van der Waals surface area contributed by atoms with Crippen molar-refractivity contribution < 1.29 is 9.90 Å². The zero-order valence-corrected chi connectivity index (χ0v) is 7.18. The molecule has 3 fully saturated rings. The summed E-state index contributed by atoms with van der Waals surface area (Å²) in [5.74, 6) is -0.586. The molecule has 68 valence electrons. The lowest BCUT2D eigenvalue weighted by molar-refractivity contribution is -0.225. The van der Waals surface area contributed by atoms with Gasteiger partial charge in [-0.3, -0.25) is 4.79 Å². The Labute approximate surface area is 71.9 Å². The molecular weight excluding hydrogens is 154 g/mol. The predicted octanol–water partition coefficient (Wildman–Crippen LogP) is 0.980. The molecule has 3 rings (SSSR count). The normalized spacial score (nSPS) is 43.1. The van der Waals surface area contributed by atoms with E-state index in [1.54, 1.807) is 0 Å². The molecule has 0 aromatic carbocycles. The van der Waals surface area contributed by atoms with Gasteiger partial charge in [-0.2, -0.15) is 0 Å². The van der Waals surface area contributed by atoms with Gasteiger partial charge in [0.15, 0.2) is 0 Å². The van der Waals surface area contributed by atoms with E-state index < -0.39 is 5.97 Å². The fourth-order valence-corrected chi connectivity index (χ4v) is 2.97. The maximum Gasteiger partial charge on any atom is 0.309 e. The van der Waals surface area contributed by atoms with Crippen LogP contribution < -0.4 is 5.73 Å². The smallest absolute Gasteiger partial charge is 0.309 e. The average molecular weight is 169 g/mol. The molecule has 0 spiro atoms. The largest absolute Gasteiger partial charge is 0.481 e. The van der Waals surface area contributed by atoms with Gasteiger partial charge in [0, 0.05) is 0 Å². The van der Waals surface area contributed by atoms with Crippen molar-refractivity contribution in [3.63, 3.8) is 0 Å². The lowest BCUT2D eigenvalue weighted by Gasteiger charge is -2.68. The van der Waals surface area contributed by atoms with Crippen molar-refractivity contribution in [3.8, 4) is 0 Å². The molecule has 12 heavy (non-hydrogen) atoms. The van der Waals surface area contributed by atoms with Crippen LogP contribution in [0.25, 0.3) is 0 Å². The van der Waals surface area contributed by atoms with Crippen molar-refractivity contribution >= 4 is 5.97 Å². The van der Waals surface area contributed by atoms with Gasteiger partial charge in [0.25, 0.3) is 0 Å². The van der Waals surface area contributed by atoms with E-state index in [0.29, 0.717) is 5.41 Å². The van der Waals surface area contributed by atoms with E-state index in [-0.39, 0.29) is 5.41 Å². The van der Waals surface area contributed by atoms with Gasteiger partial charge in [-0.1, -0.05) is 0 Å². The molecule has 0 aromatic rings. The Bertz CT molecular complexity index is 205. The summed E-state index contributed by atoms with van der Waals surface area (Å²) >= 11 is 0. The van der Waals surface area contributed by atoms with Crippen molar-refractivity contribution in [2.75, 3.05) is 6.54 Å². The summed E-state index contributed by atoms with van der Waals surface area (Å²) in [6.45, 7) is 0.738. The lowest BCUT2D eigenvalue weighted by Crippen LogP contribution is -2.65. The first-order chi connectivity index (χ1) is 5.63. The fraction of sp³-hybridized carbons (Fsp3) is 0.889. The molecule has 3 aliphatic rings. The van der Waals surface area contributed by atoms with Crippen molar-refractivity contribution in [2.24, 2.45) is 16.6 Å². The molecular formula is C9H15NO2. The number of carboxylic acid groups (broad SMARTS) is 1. The third-order valence-corrected chi connectivity index (χ3v) is 3.51. The highest BCUT2D eigenvalue weighted by atomic mass is 16.4. The van der Waals surface area contributed by atoms with Crippen molar-refractivity contribution in [1.29, 1.82) is 0 Å². The summed E-state index contributed by atoms with van der Waals surface area (Å²) in [6, 6.07) is 0. The maximum atomic E-state index is 10.7. The van der Waals surface area contributed by atoms with Gasteiger partial charge >= 0.3 is 5.97 Å². The first-order valence-corrected chi connectivity index (χ1v) is 4.56. The highest BCUT2D eigenvalue weighted by molar-refractivity contribution is 5.79. The summed E-state index contributed by atoms with van der Waals surface area (Å²) in [4.78, 5) is 10.7. The van der Waals surface area contributed by atoms with Gasteiger partial charge in [0.05, 0.1) is 5.41 Å². The molecule has 0 aromatic heterocycles. The molecule has 3 nitrogen and oxygen atoms in total. The first kappa shape index (κ1) is 8.05. The molecule has 0 unspecified atom stereocenters. The molecule has 0 saturated heterocycles. The quantitative estimate of drug-likeness (QED) is 0.659. The Morgan fingerprint density at radius 2 is 2.00 bits per heavy atom. The van der Waals surface area contributed by atoms with Gasteiger partial charge in [0.1, 0.15) is 0 Å². The maximum absolute atomic E-state index is 10.7. The molecule has 0 atom stereocenters. The van der Waals surface area contributed by atoms with Crippen molar-refractivity contribution in [1.82, 2.24) is 0 Å². The van der Waals surface area contributed by atoms with Crippen LogP contribution in [0.3, 0.4) is 0 Å². The second-order valence-electron chi connectivity index (χ2n) is 4.51. The topological polar surface area (TPSA) is 63.3 Å². The van der Waals surface area contributed by atoms with E-state index in [2.05, 4.69) is 0 Å². The van der Waals surface area contributed by atoms with Crippen LogP contribution in [-0.4, -0.2) is 17.6 Å². The third-order valence-electron chi connectivity index (χ3n) is 3.51. The van der Waals surface area contributed by atoms with Crippen LogP contribution in [0, 0.1) is 10.8 Å². The molecule has 0 radical (unpaired) electrons. The van der Waals surface area contributed by atoms with E-state index in [4.69, 9.17) is 10.8 Å². The number of nitrogens with two attached hydrogens (primary N) is 1. The number of carboxylic acids is 1.